The van der Waals surface area contributed by atoms with Gasteiger partial charge in [0.25, 0.3) is 0 Å². The molecule has 1 aliphatic carbocycles. The van der Waals surface area contributed by atoms with Crippen molar-refractivity contribution in [2.75, 3.05) is 21.3 Å². The molecule has 1 aromatic carbocycles. The van der Waals surface area contributed by atoms with Crippen LogP contribution in [0, 0.1) is 5.92 Å². The molecule has 0 spiro atoms. The lowest BCUT2D eigenvalue weighted by atomic mass is 10.00. The molecule has 0 aliphatic heterocycles. The minimum absolute atomic E-state index is 0. The zero-order chi connectivity index (χ0) is 16.8. The summed E-state index contributed by atoms with van der Waals surface area (Å²) < 4.78 is 15.9. The maximum atomic E-state index is 12.1. The number of carbonyl (C=O) groups excluding carboxylic acids is 1. The van der Waals surface area contributed by atoms with E-state index in [-0.39, 0.29) is 24.4 Å². The zero-order valence-electron chi connectivity index (χ0n) is 14.5. The summed E-state index contributed by atoms with van der Waals surface area (Å²) in [7, 11) is 4.74. The number of rotatable bonds is 7. The van der Waals surface area contributed by atoms with Crippen LogP contribution < -0.4 is 25.3 Å². The number of nitrogens with one attached hydrogen (secondary N) is 1. The summed E-state index contributed by atoms with van der Waals surface area (Å²) >= 11 is 0. The molecule has 2 rings (SSSR count). The number of benzene rings is 1. The van der Waals surface area contributed by atoms with Gasteiger partial charge >= 0.3 is 0 Å². The highest BCUT2D eigenvalue weighted by molar-refractivity contribution is 5.85. The molecule has 1 aliphatic rings. The summed E-state index contributed by atoms with van der Waals surface area (Å²) in [4.78, 5) is 12.1. The second kappa shape index (κ2) is 9.59. The smallest absolute Gasteiger partial charge is 0.220 e. The van der Waals surface area contributed by atoms with Crippen LogP contribution >= 0.6 is 12.4 Å². The van der Waals surface area contributed by atoms with Gasteiger partial charge in [0, 0.05) is 30.6 Å². The highest BCUT2D eigenvalue weighted by Crippen LogP contribution is 2.34. The maximum Gasteiger partial charge on any atom is 0.220 e. The van der Waals surface area contributed by atoms with Crippen LogP contribution in [0.2, 0.25) is 0 Å². The Kier molecular flexibility index (Phi) is 8.15. The molecule has 0 bridgehead atoms. The van der Waals surface area contributed by atoms with Crippen molar-refractivity contribution in [3.05, 3.63) is 17.7 Å². The lowest BCUT2D eigenvalue weighted by Gasteiger charge is -2.16. The van der Waals surface area contributed by atoms with E-state index in [0.29, 0.717) is 36.1 Å². The molecule has 1 saturated carbocycles. The van der Waals surface area contributed by atoms with Crippen molar-refractivity contribution < 1.29 is 19.0 Å². The Hall–Kier alpha value is -1.66. The van der Waals surface area contributed by atoms with E-state index >= 15 is 0 Å². The second-order valence-electron chi connectivity index (χ2n) is 5.85. The van der Waals surface area contributed by atoms with Gasteiger partial charge in [-0.25, -0.2) is 0 Å². The molecule has 3 N–H and O–H groups in total. The molecule has 1 amide bonds. The van der Waals surface area contributed by atoms with Gasteiger partial charge in [0.1, 0.15) is 5.75 Å². The number of hydrogen-bond acceptors (Lipinski definition) is 5. The summed E-state index contributed by atoms with van der Waals surface area (Å²) in [5, 5.41) is 2.94. The fourth-order valence-corrected chi connectivity index (χ4v) is 3.05. The third-order valence-electron chi connectivity index (χ3n) is 4.43. The topological polar surface area (TPSA) is 82.8 Å². The first-order valence-corrected chi connectivity index (χ1v) is 7.90. The van der Waals surface area contributed by atoms with Crippen molar-refractivity contribution in [1.82, 2.24) is 5.32 Å². The number of carbonyl (C=O) groups is 1. The molecule has 6 nitrogen and oxygen atoms in total. The monoisotopic (exact) mass is 358 g/mol. The molecule has 1 aromatic rings. The van der Waals surface area contributed by atoms with Crippen LogP contribution in [0.3, 0.4) is 0 Å². The maximum absolute atomic E-state index is 12.1. The van der Waals surface area contributed by atoms with Gasteiger partial charge in [-0.05, 0) is 24.8 Å². The van der Waals surface area contributed by atoms with Crippen molar-refractivity contribution >= 4 is 18.3 Å². The summed E-state index contributed by atoms with van der Waals surface area (Å²) in [5.74, 6) is 2.17. The van der Waals surface area contributed by atoms with E-state index < -0.39 is 0 Å². The number of nitrogens with two attached hydrogens (primary N) is 1. The van der Waals surface area contributed by atoms with Crippen LogP contribution in [-0.4, -0.2) is 33.3 Å². The number of methoxy groups -OCH3 is 3. The second-order valence-corrected chi connectivity index (χ2v) is 5.85. The van der Waals surface area contributed by atoms with E-state index in [9.17, 15) is 4.79 Å². The highest BCUT2D eigenvalue weighted by atomic mass is 35.5. The van der Waals surface area contributed by atoms with E-state index in [0.717, 1.165) is 24.8 Å². The van der Waals surface area contributed by atoms with Gasteiger partial charge in [-0.1, -0.05) is 6.42 Å². The molecular weight excluding hydrogens is 332 g/mol. The number of halogens is 1. The standard InChI is InChI=1S/C17H26N2O4.ClH/c1-21-14-9-16(23-3)15(22-2)7-12(14)10-19-17(20)8-11-5-4-6-13(11)18;/h7,9,11,13H,4-6,8,10,18H2,1-3H3,(H,19,20);1H/t11-,13+;/m0./s1. The van der Waals surface area contributed by atoms with Crippen LogP contribution in [-0.2, 0) is 11.3 Å². The van der Waals surface area contributed by atoms with Gasteiger partial charge in [0.15, 0.2) is 11.5 Å². The van der Waals surface area contributed by atoms with Crippen LogP contribution in [0.1, 0.15) is 31.2 Å². The first-order chi connectivity index (χ1) is 11.1. The lowest BCUT2D eigenvalue weighted by Crippen LogP contribution is -2.31. The Morgan fingerprint density at radius 2 is 1.75 bits per heavy atom. The summed E-state index contributed by atoms with van der Waals surface area (Å²) in [5.41, 5.74) is 6.86. The van der Waals surface area contributed by atoms with Crippen molar-refractivity contribution in [1.29, 1.82) is 0 Å². The first kappa shape index (κ1) is 20.4. The average molecular weight is 359 g/mol. The van der Waals surface area contributed by atoms with Gasteiger partial charge < -0.3 is 25.3 Å². The molecule has 24 heavy (non-hydrogen) atoms. The minimum Gasteiger partial charge on any atom is -0.496 e. The fraction of sp³-hybridized carbons (Fsp3) is 0.588. The van der Waals surface area contributed by atoms with E-state index in [1.165, 1.54) is 0 Å². The summed E-state index contributed by atoms with van der Waals surface area (Å²) in [6.07, 6.45) is 3.65. The predicted molar refractivity (Wildman–Crippen MR) is 95.1 cm³/mol. The first-order valence-electron chi connectivity index (χ1n) is 7.90. The van der Waals surface area contributed by atoms with E-state index in [4.69, 9.17) is 19.9 Å². The Labute approximate surface area is 149 Å². The van der Waals surface area contributed by atoms with Gasteiger partial charge in [-0.15, -0.1) is 12.4 Å². The largest absolute Gasteiger partial charge is 0.496 e. The Balaban J connectivity index is 0.00000288. The lowest BCUT2D eigenvalue weighted by molar-refractivity contribution is -0.122. The van der Waals surface area contributed by atoms with Crippen molar-refractivity contribution in [2.24, 2.45) is 11.7 Å². The van der Waals surface area contributed by atoms with E-state index in [1.54, 1.807) is 27.4 Å². The third kappa shape index (κ3) is 4.92. The van der Waals surface area contributed by atoms with E-state index in [1.807, 2.05) is 6.07 Å². The quantitative estimate of drug-likeness (QED) is 0.781. The third-order valence-corrected chi connectivity index (χ3v) is 4.43. The minimum atomic E-state index is 0. The number of amides is 1. The normalized spacial score (nSPS) is 19.3. The van der Waals surface area contributed by atoms with Gasteiger partial charge in [0.2, 0.25) is 5.91 Å². The Bertz CT molecular complexity index is 554. The number of hydrogen-bond donors (Lipinski definition) is 2. The van der Waals surface area contributed by atoms with Crippen LogP contribution in [0.25, 0.3) is 0 Å². The number of ether oxygens (including phenoxy) is 3. The summed E-state index contributed by atoms with van der Waals surface area (Å²) in [6.45, 7) is 0.379. The molecule has 0 aromatic heterocycles. The van der Waals surface area contributed by atoms with E-state index in [2.05, 4.69) is 5.32 Å². The molecule has 136 valence electrons. The van der Waals surface area contributed by atoms with Crippen LogP contribution in [0.5, 0.6) is 17.2 Å². The van der Waals surface area contributed by atoms with Crippen molar-refractivity contribution in [3.63, 3.8) is 0 Å². The molecule has 0 unspecified atom stereocenters. The van der Waals surface area contributed by atoms with Crippen LogP contribution in [0.4, 0.5) is 0 Å². The Morgan fingerprint density at radius 3 is 2.29 bits per heavy atom. The predicted octanol–water partition coefficient (Wildman–Crippen LogP) is 2.27. The molecule has 0 heterocycles. The summed E-state index contributed by atoms with van der Waals surface area (Å²) in [6, 6.07) is 3.73. The molecule has 7 heteroatoms. The molecule has 0 radical (unpaired) electrons. The van der Waals surface area contributed by atoms with Gasteiger partial charge in [-0.2, -0.15) is 0 Å². The molecule has 1 fully saturated rings. The molecule has 0 saturated heterocycles. The van der Waals surface area contributed by atoms with Gasteiger partial charge in [-0.3, -0.25) is 4.79 Å². The molecular formula is C17H27ClN2O4. The molecule has 2 atom stereocenters. The van der Waals surface area contributed by atoms with Crippen molar-refractivity contribution in [3.8, 4) is 17.2 Å². The Morgan fingerprint density at radius 1 is 1.12 bits per heavy atom. The zero-order valence-corrected chi connectivity index (χ0v) is 15.3. The average Bonchev–Trinajstić information content (AvgIpc) is 2.96. The van der Waals surface area contributed by atoms with Gasteiger partial charge in [0.05, 0.1) is 21.3 Å². The highest BCUT2D eigenvalue weighted by Gasteiger charge is 2.26. The van der Waals surface area contributed by atoms with Crippen molar-refractivity contribution in [2.45, 2.75) is 38.3 Å². The SMILES string of the molecule is COc1cc(OC)c(OC)cc1CNC(=O)C[C@@H]1CCC[C@H]1N.Cl. The fourth-order valence-electron chi connectivity index (χ4n) is 3.05. The van der Waals surface area contributed by atoms with Crippen LogP contribution in [0.15, 0.2) is 12.1 Å².